The van der Waals surface area contributed by atoms with Crippen LogP contribution in [0.4, 0.5) is 11.4 Å². The van der Waals surface area contributed by atoms with E-state index >= 15 is 0 Å². The van der Waals surface area contributed by atoms with Crippen LogP contribution in [0.25, 0.3) is 0 Å². The van der Waals surface area contributed by atoms with Crippen molar-refractivity contribution < 1.29 is 0 Å². The molecule has 2 aromatic carbocycles. The summed E-state index contributed by atoms with van der Waals surface area (Å²) in [6.45, 7) is 38.0. The van der Waals surface area contributed by atoms with Gasteiger partial charge in [0.2, 0.25) is 0 Å². The maximum atomic E-state index is 8.10. The molecule has 0 bridgehead atoms. The summed E-state index contributed by atoms with van der Waals surface area (Å²) in [4.78, 5) is 5.43. The van der Waals surface area contributed by atoms with E-state index in [4.69, 9.17) is 22.2 Å². The number of benzene rings is 2. The molecule has 0 unspecified atom stereocenters. The second-order valence-corrected chi connectivity index (χ2v) is 27.3. The van der Waals surface area contributed by atoms with E-state index in [1.165, 1.54) is 44.2 Å². The fourth-order valence-corrected chi connectivity index (χ4v) is 19.7. The number of anilines is 2. The van der Waals surface area contributed by atoms with Crippen LogP contribution in [0.2, 0.25) is 0 Å². The van der Waals surface area contributed by atoms with Crippen LogP contribution >= 0.6 is 22.2 Å². The predicted octanol–water partition coefficient (Wildman–Crippen LogP) is 11.9. The van der Waals surface area contributed by atoms with Gasteiger partial charge in [-0.05, 0) is 86.5 Å². The minimum absolute atomic E-state index is 0.0642. The molecule has 2 aliphatic heterocycles. The Labute approximate surface area is 294 Å². The molecular weight excluding hydrogens is 636 g/mol. The average molecular weight is 698 g/mol. The van der Waals surface area contributed by atoms with Crippen molar-refractivity contribution in [2.75, 3.05) is 9.80 Å². The van der Waals surface area contributed by atoms with E-state index in [0.717, 1.165) is 12.8 Å². The van der Waals surface area contributed by atoms with E-state index in [-0.39, 0.29) is 21.9 Å². The SMILES string of the molecule is CC(C)c1cccc(C(C)C)c1N1C(=[Si](Cl)[Si](Cl)=C2N(c3c(C(C)C)cccc3C(C)C)C(C)(C)CC2(C)C)C(C)(C)CC1(C)C. The average Bonchev–Trinajstić information content (AvgIpc) is 3.23. The van der Waals surface area contributed by atoms with E-state index in [2.05, 4.69) is 157 Å². The molecule has 4 rings (SSSR count). The Balaban J connectivity index is 2.15. The standard InChI is InChI=1S/C40H62Cl2N2Si2/c1-25(2)29-19-17-20-30(26(3)4)33(29)43-35(37(9,10)23-39(43,13)14)45(41)46(42)36-38(11,12)24-40(15,16)44(36)34-31(27(5)6)21-18-22-32(34)28(7)8/h17-22,25-28H,23-24H2,1-16H3. The van der Waals surface area contributed by atoms with Gasteiger partial charge in [0.25, 0.3) is 0 Å². The number of hydrogen-bond donors (Lipinski definition) is 0. The summed E-state index contributed by atoms with van der Waals surface area (Å²) in [6, 6.07) is 13.9. The Morgan fingerprint density at radius 2 is 0.739 bits per heavy atom. The summed E-state index contributed by atoms with van der Waals surface area (Å²) in [6.07, 6.45) is 2.10. The largest absolute Gasteiger partial charge is 0.342 e. The second-order valence-electron chi connectivity index (χ2n) is 17.9. The molecule has 2 nitrogen and oxygen atoms in total. The van der Waals surface area contributed by atoms with Crippen LogP contribution in [-0.4, -0.2) is 36.1 Å². The van der Waals surface area contributed by atoms with E-state index in [9.17, 15) is 0 Å². The number of rotatable bonds is 7. The van der Waals surface area contributed by atoms with Crippen LogP contribution in [0.15, 0.2) is 36.4 Å². The van der Waals surface area contributed by atoms with Crippen LogP contribution in [0.1, 0.15) is 170 Å². The highest BCUT2D eigenvalue weighted by atomic mass is 35.6. The third kappa shape index (κ3) is 6.55. The first-order valence-corrected chi connectivity index (χ1v) is 23.7. The van der Waals surface area contributed by atoms with Gasteiger partial charge in [-0.25, -0.2) is 0 Å². The monoisotopic (exact) mass is 696 g/mol. The molecule has 2 fully saturated rings. The zero-order chi connectivity index (χ0) is 34.9. The van der Waals surface area contributed by atoms with Crippen molar-refractivity contribution in [3.8, 4) is 0 Å². The molecule has 0 N–H and O–H groups in total. The number of halogens is 2. The number of hydrogen-bond acceptors (Lipinski definition) is 2. The zero-order valence-electron chi connectivity index (χ0n) is 31.8. The van der Waals surface area contributed by atoms with Crippen LogP contribution in [0.3, 0.4) is 0 Å². The van der Waals surface area contributed by atoms with Gasteiger partial charge in [0.15, 0.2) is 14.5 Å². The summed E-state index contributed by atoms with van der Waals surface area (Å²) in [5, 5.41) is 2.80. The van der Waals surface area contributed by atoms with Crippen LogP contribution < -0.4 is 9.80 Å². The molecule has 2 aromatic rings. The fraction of sp³-hybridized carbons (Fsp3) is 0.650. The molecule has 0 aromatic heterocycles. The lowest BCUT2D eigenvalue weighted by molar-refractivity contribution is 0.404. The Kier molecular flexibility index (Phi) is 10.6. The van der Waals surface area contributed by atoms with Crippen molar-refractivity contribution in [3.63, 3.8) is 0 Å². The summed E-state index contributed by atoms with van der Waals surface area (Å²) < 4.78 is 0. The van der Waals surface area contributed by atoms with Crippen molar-refractivity contribution in [2.45, 2.75) is 158 Å². The lowest BCUT2D eigenvalue weighted by Crippen LogP contribution is -2.51. The smallest absolute Gasteiger partial charge is 0.173 e. The Morgan fingerprint density at radius 3 is 0.957 bits per heavy atom. The van der Waals surface area contributed by atoms with Crippen LogP contribution in [0, 0.1) is 10.8 Å². The first-order valence-electron chi connectivity index (χ1n) is 17.6. The normalized spacial score (nSPS) is 22.6. The minimum Gasteiger partial charge on any atom is -0.342 e. The Hall–Kier alpha value is -1.21. The topological polar surface area (TPSA) is 6.48 Å². The molecule has 254 valence electrons. The van der Waals surface area contributed by atoms with Gasteiger partial charge >= 0.3 is 0 Å². The molecule has 0 atom stereocenters. The van der Waals surface area contributed by atoms with E-state index in [0.29, 0.717) is 23.7 Å². The molecule has 2 aliphatic rings. The van der Waals surface area contributed by atoms with E-state index in [1.54, 1.807) is 0 Å². The van der Waals surface area contributed by atoms with Crippen LogP contribution in [0.5, 0.6) is 0 Å². The molecule has 0 saturated carbocycles. The Morgan fingerprint density at radius 1 is 0.500 bits per heavy atom. The maximum Gasteiger partial charge on any atom is 0.173 e. The quantitative estimate of drug-likeness (QED) is 0.210. The molecule has 0 spiro atoms. The van der Waals surface area contributed by atoms with E-state index in [1.807, 2.05) is 0 Å². The zero-order valence-corrected chi connectivity index (χ0v) is 35.3. The highest BCUT2D eigenvalue weighted by molar-refractivity contribution is 7.58. The Bertz CT molecular complexity index is 1370. The third-order valence-electron chi connectivity index (χ3n) is 10.4. The number of para-hydroxylation sites is 2. The van der Waals surface area contributed by atoms with Gasteiger partial charge in [0.1, 0.15) is 0 Å². The third-order valence-corrected chi connectivity index (χ3v) is 21.4. The van der Waals surface area contributed by atoms with Gasteiger partial charge < -0.3 is 9.80 Å². The first-order chi connectivity index (χ1) is 21.0. The molecule has 0 amide bonds. The molecule has 0 radical (unpaired) electrons. The van der Waals surface area contributed by atoms with Crippen molar-refractivity contribution in [2.24, 2.45) is 10.8 Å². The maximum absolute atomic E-state index is 8.10. The summed E-state index contributed by atoms with van der Waals surface area (Å²) in [7, 11) is -3.41. The van der Waals surface area contributed by atoms with Crippen molar-refractivity contribution >= 4 is 58.6 Å². The van der Waals surface area contributed by atoms with E-state index < -0.39 is 14.5 Å². The molecule has 2 heterocycles. The highest BCUT2D eigenvalue weighted by Crippen LogP contribution is 2.52. The molecule has 6 heteroatoms. The van der Waals surface area contributed by atoms with Gasteiger partial charge in [-0.3, -0.25) is 0 Å². The van der Waals surface area contributed by atoms with Gasteiger partial charge in [0, 0.05) is 43.9 Å². The van der Waals surface area contributed by atoms with Gasteiger partial charge in [-0.2, -0.15) is 0 Å². The molecular formula is C40H62Cl2N2Si2. The highest BCUT2D eigenvalue weighted by Gasteiger charge is 2.53. The number of nitrogens with zero attached hydrogens (tertiary/aromatic N) is 2. The van der Waals surface area contributed by atoms with Crippen molar-refractivity contribution in [1.29, 1.82) is 0 Å². The van der Waals surface area contributed by atoms with Gasteiger partial charge in [0.05, 0.1) is 0 Å². The summed E-state index contributed by atoms with van der Waals surface area (Å²) >= 11 is 16.2. The summed E-state index contributed by atoms with van der Waals surface area (Å²) in [5.41, 5.74) is 8.11. The first kappa shape index (κ1) is 37.6. The van der Waals surface area contributed by atoms with Crippen molar-refractivity contribution in [1.82, 2.24) is 0 Å². The van der Waals surface area contributed by atoms with Gasteiger partial charge in [-0.1, -0.05) is 119 Å². The fourth-order valence-electron chi connectivity index (χ4n) is 9.07. The second kappa shape index (κ2) is 12.9. The molecule has 2 saturated heterocycles. The summed E-state index contributed by atoms with van der Waals surface area (Å²) in [5.74, 6) is 1.62. The predicted molar refractivity (Wildman–Crippen MR) is 212 cm³/mol. The molecule has 46 heavy (non-hydrogen) atoms. The van der Waals surface area contributed by atoms with Crippen LogP contribution in [-0.2, 0) is 0 Å². The van der Waals surface area contributed by atoms with Gasteiger partial charge in [-0.15, -0.1) is 22.2 Å². The lowest BCUT2D eigenvalue weighted by atomic mass is 9.85. The molecule has 0 aliphatic carbocycles. The minimum atomic E-state index is -1.70. The van der Waals surface area contributed by atoms with Crippen molar-refractivity contribution in [3.05, 3.63) is 58.7 Å². The lowest BCUT2D eigenvalue weighted by Gasteiger charge is -2.41.